The Balaban J connectivity index is 2.31. The van der Waals surface area contributed by atoms with Crippen molar-refractivity contribution >= 4 is 23.2 Å². The van der Waals surface area contributed by atoms with Gasteiger partial charge in [-0.3, -0.25) is 0 Å². The van der Waals surface area contributed by atoms with Crippen LogP contribution in [0, 0.1) is 11.6 Å². The van der Waals surface area contributed by atoms with E-state index in [1.807, 2.05) is 0 Å². The third-order valence-electron chi connectivity index (χ3n) is 2.84. The molecular formula is C14H11Cl2F2N. The van der Waals surface area contributed by atoms with Crippen LogP contribution in [0.1, 0.15) is 17.2 Å². The van der Waals surface area contributed by atoms with Gasteiger partial charge in [-0.1, -0.05) is 41.4 Å². The molecule has 0 spiro atoms. The minimum atomic E-state index is -0.687. The highest BCUT2D eigenvalue weighted by atomic mass is 35.5. The van der Waals surface area contributed by atoms with E-state index in [0.717, 1.165) is 0 Å². The summed E-state index contributed by atoms with van der Waals surface area (Å²) < 4.78 is 27.0. The summed E-state index contributed by atoms with van der Waals surface area (Å²) in [5, 5.41) is 0.255. The van der Waals surface area contributed by atoms with Crippen LogP contribution in [0.15, 0.2) is 36.4 Å². The Kier molecular flexibility index (Phi) is 4.40. The Morgan fingerprint density at radius 1 is 1.00 bits per heavy atom. The summed E-state index contributed by atoms with van der Waals surface area (Å²) in [5.41, 5.74) is 6.68. The second kappa shape index (κ2) is 5.87. The zero-order chi connectivity index (χ0) is 14.0. The second-order valence-corrected chi connectivity index (χ2v) is 4.94. The van der Waals surface area contributed by atoms with E-state index < -0.39 is 17.7 Å². The van der Waals surface area contributed by atoms with E-state index in [9.17, 15) is 8.78 Å². The van der Waals surface area contributed by atoms with E-state index in [2.05, 4.69) is 0 Å². The molecule has 0 saturated carbocycles. The quantitative estimate of drug-likeness (QED) is 0.886. The molecule has 1 unspecified atom stereocenters. The summed E-state index contributed by atoms with van der Waals surface area (Å²) in [7, 11) is 0. The van der Waals surface area contributed by atoms with Crippen molar-refractivity contribution in [3.05, 3.63) is 69.2 Å². The van der Waals surface area contributed by atoms with Gasteiger partial charge >= 0.3 is 0 Å². The summed E-state index contributed by atoms with van der Waals surface area (Å²) in [6, 6.07) is 8.11. The van der Waals surface area contributed by atoms with E-state index in [0.29, 0.717) is 5.56 Å². The average Bonchev–Trinajstić information content (AvgIpc) is 2.35. The maximum atomic E-state index is 13.7. The highest BCUT2D eigenvalue weighted by Gasteiger charge is 2.17. The molecule has 0 bridgehead atoms. The Bertz CT molecular complexity index is 582. The third-order valence-corrected chi connectivity index (χ3v) is 3.59. The first-order chi connectivity index (χ1) is 9.00. The van der Waals surface area contributed by atoms with E-state index in [1.165, 1.54) is 24.3 Å². The molecule has 2 rings (SSSR count). The molecule has 2 aromatic rings. The summed E-state index contributed by atoms with van der Waals surface area (Å²) in [6.07, 6.45) is 0.206. The van der Waals surface area contributed by atoms with E-state index in [1.54, 1.807) is 12.1 Å². The summed E-state index contributed by atoms with van der Waals surface area (Å²) in [4.78, 5) is 0. The van der Waals surface area contributed by atoms with Crippen LogP contribution in [0.5, 0.6) is 0 Å². The van der Waals surface area contributed by atoms with Gasteiger partial charge in [0, 0.05) is 16.6 Å². The minimum Gasteiger partial charge on any atom is -0.324 e. The Hall–Kier alpha value is -1.16. The molecule has 2 aromatic carbocycles. The SMILES string of the molecule is NC(Cc1cccc(F)c1Cl)c1c(F)cccc1Cl. The molecule has 0 heterocycles. The molecule has 0 radical (unpaired) electrons. The van der Waals surface area contributed by atoms with Crippen molar-refractivity contribution in [1.29, 1.82) is 0 Å². The van der Waals surface area contributed by atoms with Gasteiger partial charge in [0.05, 0.1) is 5.02 Å². The standard InChI is InChI=1S/C14H11Cl2F2N/c15-9-4-2-5-10(17)13(9)12(19)7-8-3-1-6-11(18)14(8)16/h1-6,12H,7,19H2. The molecule has 0 aliphatic carbocycles. The highest BCUT2D eigenvalue weighted by molar-refractivity contribution is 6.32. The lowest BCUT2D eigenvalue weighted by Crippen LogP contribution is -2.16. The van der Waals surface area contributed by atoms with E-state index in [-0.39, 0.29) is 22.0 Å². The molecule has 0 aromatic heterocycles. The largest absolute Gasteiger partial charge is 0.324 e. The summed E-state index contributed by atoms with van der Waals surface area (Å²) in [5.74, 6) is -1.00. The van der Waals surface area contributed by atoms with Gasteiger partial charge in [0.15, 0.2) is 0 Å². The zero-order valence-electron chi connectivity index (χ0n) is 9.84. The average molecular weight is 302 g/mol. The van der Waals surface area contributed by atoms with Crippen molar-refractivity contribution < 1.29 is 8.78 Å². The topological polar surface area (TPSA) is 26.0 Å². The van der Waals surface area contributed by atoms with Crippen LogP contribution in [0.4, 0.5) is 8.78 Å². The number of hydrogen-bond donors (Lipinski definition) is 1. The fourth-order valence-electron chi connectivity index (χ4n) is 1.91. The third kappa shape index (κ3) is 3.06. The molecule has 100 valence electrons. The van der Waals surface area contributed by atoms with Crippen molar-refractivity contribution in [3.63, 3.8) is 0 Å². The number of nitrogens with two attached hydrogens (primary N) is 1. The Morgan fingerprint density at radius 2 is 1.63 bits per heavy atom. The maximum Gasteiger partial charge on any atom is 0.142 e. The molecular weight excluding hydrogens is 291 g/mol. The van der Waals surface area contributed by atoms with Crippen LogP contribution in [0.3, 0.4) is 0 Å². The van der Waals surface area contributed by atoms with Gasteiger partial charge in [-0.15, -0.1) is 0 Å². The predicted octanol–water partition coefficient (Wildman–Crippen LogP) is 4.51. The number of halogens is 4. The van der Waals surface area contributed by atoms with Gasteiger partial charge in [0.25, 0.3) is 0 Å². The smallest absolute Gasteiger partial charge is 0.142 e. The molecule has 5 heteroatoms. The van der Waals surface area contributed by atoms with Crippen LogP contribution in [-0.4, -0.2) is 0 Å². The van der Waals surface area contributed by atoms with Gasteiger partial charge < -0.3 is 5.73 Å². The van der Waals surface area contributed by atoms with Crippen molar-refractivity contribution in [2.45, 2.75) is 12.5 Å². The number of benzene rings is 2. The van der Waals surface area contributed by atoms with Crippen molar-refractivity contribution in [2.75, 3.05) is 0 Å². The molecule has 2 N–H and O–H groups in total. The summed E-state index contributed by atoms with van der Waals surface area (Å²) in [6.45, 7) is 0. The Morgan fingerprint density at radius 3 is 2.32 bits per heavy atom. The highest BCUT2D eigenvalue weighted by Crippen LogP contribution is 2.29. The van der Waals surface area contributed by atoms with E-state index in [4.69, 9.17) is 28.9 Å². The molecule has 0 fully saturated rings. The Labute approximate surface area is 119 Å². The van der Waals surface area contributed by atoms with Crippen LogP contribution >= 0.6 is 23.2 Å². The first-order valence-corrected chi connectivity index (χ1v) is 6.38. The molecule has 0 aliphatic heterocycles. The molecule has 0 saturated heterocycles. The van der Waals surface area contributed by atoms with E-state index >= 15 is 0 Å². The van der Waals surface area contributed by atoms with Gasteiger partial charge in [-0.2, -0.15) is 0 Å². The fraction of sp³-hybridized carbons (Fsp3) is 0.143. The van der Waals surface area contributed by atoms with Crippen molar-refractivity contribution in [3.8, 4) is 0 Å². The van der Waals surface area contributed by atoms with Gasteiger partial charge in [0.2, 0.25) is 0 Å². The van der Waals surface area contributed by atoms with Crippen LogP contribution in [0.2, 0.25) is 10.0 Å². The normalized spacial score (nSPS) is 12.5. The first kappa shape index (κ1) is 14.3. The van der Waals surface area contributed by atoms with Gasteiger partial charge in [0.1, 0.15) is 11.6 Å². The molecule has 19 heavy (non-hydrogen) atoms. The van der Waals surface area contributed by atoms with Crippen molar-refractivity contribution in [2.24, 2.45) is 5.73 Å². The monoisotopic (exact) mass is 301 g/mol. The minimum absolute atomic E-state index is 0.00501. The molecule has 1 nitrogen and oxygen atoms in total. The molecule has 1 atom stereocenters. The lowest BCUT2D eigenvalue weighted by atomic mass is 9.99. The number of rotatable bonds is 3. The maximum absolute atomic E-state index is 13.7. The number of hydrogen-bond acceptors (Lipinski definition) is 1. The van der Waals surface area contributed by atoms with Gasteiger partial charge in [-0.05, 0) is 30.2 Å². The fourth-order valence-corrected chi connectivity index (χ4v) is 2.42. The van der Waals surface area contributed by atoms with Crippen LogP contribution < -0.4 is 5.73 Å². The van der Waals surface area contributed by atoms with Crippen LogP contribution in [0.25, 0.3) is 0 Å². The van der Waals surface area contributed by atoms with Crippen LogP contribution in [-0.2, 0) is 6.42 Å². The predicted molar refractivity (Wildman–Crippen MR) is 73.5 cm³/mol. The zero-order valence-corrected chi connectivity index (χ0v) is 11.3. The summed E-state index contributed by atoms with van der Waals surface area (Å²) >= 11 is 11.8. The first-order valence-electron chi connectivity index (χ1n) is 5.63. The van der Waals surface area contributed by atoms with Gasteiger partial charge in [-0.25, -0.2) is 8.78 Å². The molecule has 0 amide bonds. The second-order valence-electron chi connectivity index (χ2n) is 4.16. The lowest BCUT2D eigenvalue weighted by molar-refractivity contribution is 0.578. The molecule has 0 aliphatic rings. The van der Waals surface area contributed by atoms with Crippen molar-refractivity contribution in [1.82, 2.24) is 0 Å². The lowest BCUT2D eigenvalue weighted by Gasteiger charge is -2.15.